The second-order valence-electron chi connectivity index (χ2n) is 6.06. The van der Waals surface area contributed by atoms with Crippen molar-refractivity contribution in [2.75, 3.05) is 11.8 Å². The van der Waals surface area contributed by atoms with Gasteiger partial charge in [0, 0.05) is 4.47 Å². The minimum absolute atomic E-state index is 0.0867. The van der Waals surface area contributed by atoms with Crippen LogP contribution >= 0.6 is 27.5 Å². The molecule has 2 aliphatic heterocycles. The third kappa shape index (κ3) is 3.14. The van der Waals surface area contributed by atoms with E-state index in [-0.39, 0.29) is 23.3 Å². The second kappa shape index (κ2) is 6.96. The van der Waals surface area contributed by atoms with Gasteiger partial charge in [-0.25, -0.2) is 4.79 Å². The maximum atomic E-state index is 12.9. The van der Waals surface area contributed by atoms with Gasteiger partial charge in [-0.2, -0.15) is 10.1 Å². The molecule has 1 amide bonds. The van der Waals surface area contributed by atoms with Gasteiger partial charge in [-0.3, -0.25) is 4.79 Å². The number of hydrogen-bond acceptors (Lipinski definition) is 5. The summed E-state index contributed by atoms with van der Waals surface area (Å²) >= 11 is 9.37. The Balaban J connectivity index is 1.71. The largest absolute Gasteiger partial charge is 0.478 e. The van der Waals surface area contributed by atoms with Gasteiger partial charge in [0.2, 0.25) is 6.79 Å². The molecule has 142 valence electrons. The van der Waals surface area contributed by atoms with Crippen LogP contribution in [0.2, 0.25) is 5.02 Å². The fraction of sp³-hybridized carbons (Fsp3) is 0.105. The molecule has 0 aromatic heterocycles. The minimum Gasteiger partial charge on any atom is -0.478 e. The van der Waals surface area contributed by atoms with E-state index in [1.54, 1.807) is 31.2 Å². The quantitative estimate of drug-likeness (QED) is 0.684. The summed E-state index contributed by atoms with van der Waals surface area (Å²) in [5.74, 6) is -0.336. The molecule has 7 nitrogen and oxygen atoms in total. The van der Waals surface area contributed by atoms with Gasteiger partial charge in [0.05, 0.1) is 27.6 Å². The van der Waals surface area contributed by atoms with Crippen LogP contribution in [0.25, 0.3) is 6.08 Å². The molecule has 1 N–H and O–H groups in total. The number of fused-ring (bicyclic) bond motifs is 1. The SMILES string of the molecule is CC1=NN(c2ccc(Cl)c(C(=O)O)c2)C(=O)/C1=C\c1cc2c(cc1Br)OCO2. The molecule has 0 fully saturated rings. The summed E-state index contributed by atoms with van der Waals surface area (Å²) in [5.41, 5.74) is 1.83. The number of amides is 1. The Morgan fingerprint density at radius 3 is 2.71 bits per heavy atom. The van der Waals surface area contributed by atoms with Crippen LogP contribution in [0.4, 0.5) is 5.69 Å². The summed E-state index contributed by atoms with van der Waals surface area (Å²) in [5, 5.41) is 14.8. The van der Waals surface area contributed by atoms with Crippen molar-refractivity contribution in [3.8, 4) is 11.5 Å². The Morgan fingerprint density at radius 1 is 1.29 bits per heavy atom. The molecule has 0 atom stereocenters. The number of nitrogens with zero attached hydrogens (tertiary/aromatic N) is 2. The van der Waals surface area contributed by atoms with Crippen LogP contribution in [0.1, 0.15) is 22.8 Å². The molecular weight excluding hydrogens is 452 g/mol. The van der Waals surface area contributed by atoms with E-state index in [0.29, 0.717) is 28.5 Å². The molecule has 0 bridgehead atoms. The minimum atomic E-state index is -1.18. The highest BCUT2D eigenvalue weighted by atomic mass is 79.9. The summed E-state index contributed by atoms with van der Waals surface area (Å²) in [4.78, 5) is 24.2. The zero-order valence-electron chi connectivity index (χ0n) is 14.4. The maximum Gasteiger partial charge on any atom is 0.337 e. The van der Waals surface area contributed by atoms with Crippen LogP contribution in [0.3, 0.4) is 0 Å². The summed E-state index contributed by atoms with van der Waals surface area (Å²) in [7, 11) is 0. The van der Waals surface area contributed by atoms with E-state index in [2.05, 4.69) is 21.0 Å². The number of halogens is 2. The lowest BCUT2D eigenvalue weighted by Crippen LogP contribution is -2.21. The van der Waals surface area contributed by atoms with Gasteiger partial charge in [0.15, 0.2) is 11.5 Å². The van der Waals surface area contributed by atoms with E-state index in [1.165, 1.54) is 12.1 Å². The molecular formula is C19H12BrClN2O5. The van der Waals surface area contributed by atoms with Crippen molar-refractivity contribution in [2.24, 2.45) is 5.10 Å². The Bertz CT molecular complexity index is 1100. The average Bonchev–Trinajstić information content (AvgIpc) is 3.21. The van der Waals surface area contributed by atoms with Gasteiger partial charge < -0.3 is 14.6 Å². The van der Waals surface area contributed by atoms with Gasteiger partial charge in [0.25, 0.3) is 5.91 Å². The second-order valence-corrected chi connectivity index (χ2v) is 7.32. The zero-order valence-corrected chi connectivity index (χ0v) is 16.7. The van der Waals surface area contributed by atoms with Gasteiger partial charge >= 0.3 is 5.97 Å². The standard InChI is InChI=1S/C19H12BrClN2O5/c1-9-12(4-10-5-16-17(7-14(10)20)28-8-27-16)18(24)23(22-9)11-2-3-15(21)13(6-11)19(25)26/h2-7H,8H2,1H3,(H,25,26)/b12-4-. The number of hydrazone groups is 1. The monoisotopic (exact) mass is 462 g/mol. The summed E-state index contributed by atoms with van der Waals surface area (Å²) < 4.78 is 11.5. The average molecular weight is 464 g/mol. The first-order chi connectivity index (χ1) is 13.3. The number of carbonyl (C=O) groups is 2. The zero-order chi connectivity index (χ0) is 20.0. The molecule has 2 aromatic rings. The van der Waals surface area contributed by atoms with E-state index in [0.717, 1.165) is 15.0 Å². The normalized spacial score (nSPS) is 16.7. The topological polar surface area (TPSA) is 88.4 Å². The first kappa shape index (κ1) is 18.5. The van der Waals surface area contributed by atoms with Crippen LogP contribution in [-0.2, 0) is 4.79 Å². The summed E-state index contributed by atoms with van der Waals surface area (Å²) in [6.45, 7) is 1.86. The van der Waals surface area contributed by atoms with E-state index in [4.69, 9.17) is 21.1 Å². The molecule has 4 rings (SSSR count). The number of carboxylic acids is 1. The van der Waals surface area contributed by atoms with Gasteiger partial charge in [0.1, 0.15) is 0 Å². The molecule has 9 heteroatoms. The number of carboxylic acid groups (broad SMARTS) is 1. The van der Waals surface area contributed by atoms with Crippen molar-refractivity contribution < 1.29 is 24.2 Å². The van der Waals surface area contributed by atoms with Crippen molar-refractivity contribution in [1.82, 2.24) is 0 Å². The number of hydrogen-bond donors (Lipinski definition) is 1. The molecule has 0 unspecified atom stereocenters. The number of carbonyl (C=O) groups excluding carboxylic acids is 1. The molecule has 0 saturated carbocycles. The Morgan fingerprint density at radius 2 is 2.00 bits per heavy atom. The highest BCUT2D eigenvalue weighted by Crippen LogP contribution is 2.38. The molecule has 2 aromatic carbocycles. The van der Waals surface area contributed by atoms with Crippen LogP contribution in [0.5, 0.6) is 11.5 Å². The molecule has 2 aliphatic rings. The lowest BCUT2D eigenvalue weighted by atomic mass is 10.1. The van der Waals surface area contributed by atoms with Gasteiger partial charge in [-0.15, -0.1) is 0 Å². The van der Waals surface area contributed by atoms with Crippen molar-refractivity contribution in [3.05, 3.63) is 56.5 Å². The molecule has 28 heavy (non-hydrogen) atoms. The van der Waals surface area contributed by atoms with Gasteiger partial charge in [-0.1, -0.05) is 27.5 Å². The molecule has 0 aliphatic carbocycles. The van der Waals surface area contributed by atoms with E-state index >= 15 is 0 Å². The number of ether oxygens (including phenoxy) is 2. The lowest BCUT2D eigenvalue weighted by Gasteiger charge is -2.13. The predicted molar refractivity (Wildman–Crippen MR) is 107 cm³/mol. The Hall–Kier alpha value is -2.84. The van der Waals surface area contributed by atoms with Crippen molar-refractivity contribution in [1.29, 1.82) is 0 Å². The Kier molecular flexibility index (Phi) is 4.60. The molecule has 0 radical (unpaired) electrons. The Labute approximate surface area is 172 Å². The fourth-order valence-electron chi connectivity index (χ4n) is 2.87. The summed E-state index contributed by atoms with van der Waals surface area (Å²) in [6.07, 6.45) is 1.70. The van der Waals surface area contributed by atoms with E-state index in [1.807, 2.05) is 0 Å². The van der Waals surface area contributed by atoms with Crippen molar-refractivity contribution in [3.63, 3.8) is 0 Å². The summed E-state index contributed by atoms with van der Waals surface area (Å²) in [6, 6.07) is 7.83. The molecule has 2 heterocycles. The van der Waals surface area contributed by atoms with E-state index < -0.39 is 5.97 Å². The molecule has 0 saturated heterocycles. The van der Waals surface area contributed by atoms with Crippen LogP contribution in [-0.4, -0.2) is 29.5 Å². The smallest absolute Gasteiger partial charge is 0.337 e. The third-order valence-corrected chi connectivity index (χ3v) is 5.30. The molecule has 0 spiro atoms. The van der Waals surface area contributed by atoms with E-state index in [9.17, 15) is 14.7 Å². The number of anilines is 1. The number of benzene rings is 2. The van der Waals surface area contributed by atoms with Crippen molar-refractivity contribution in [2.45, 2.75) is 6.92 Å². The highest BCUT2D eigenvalue weighted by molar-refractivity contribution is 9.10. The number of aromatic carboxylic acids is 1. The first-order valence-corrected chi connectivity index (χ1v) is 9.26. The maximum absolute atomic E-state index is 12.9. The third-order valence-electron chi connectivity index (χ3n) is 4.28. The predicted octanol–water partition coefficient (Wildman–Crippen LogP) is 4.34. The fourth-order valence-corrected chi connectivity index (χ4v) is 3.50. The first-order valence-electron chi connectivity index (χ1n) is 8.09. The number of rotatable bonds is 3. The van der Waals surface area contributed by atoms with Crippen LogP contribution in [0, 0.1) is 0 Å². The van der Waals surface area contributed by atoms with Crippen LogP contribution in [0.15, 0.2) is 45.5 Å². The highest BCUT2D eigenvalue weighted by Gasteiger charge is 2.30. The van der Waals surface area contributed by atoms with Gasteiger partial charge in [-0.05, 0) is 48.9 Å². The van der Waals surface area contributed by atoms with Crippen molar-refractivity contribution >= 4 is 56.9 Å². The lowest BCUT2D eigenvalue weighted by molar-refractivity contribution is -0.114. The van der Waals surface area contributed by atoms with Crippen LogP contribution < -0.4 is 14.5 Å².